The molecule has 1 amide bonds. The summed E-state index contributed by atoms with van der Waals surface area (Å²) in [5.41, 5.74) is 0.141. The maximum atomic E-state index is 11.4. The first kappa shape index (κ1) is 14.7. The second-order valence-corrected chi connectivity index (χ2v) is 4.18. The van der Waals surface area contributed by atoms with Gasteiger partial charge in [0, 0.05) is 5.02 Å². The molecule has 98 valence electrons. The number of amides is 1. The standard InChI is InChI=1S/C10H9Cl2NO5/c11-4-1-2-6(5(12)3-4)13-9(16)7(14)8(15)10(17)18/h1-3,7-8,14-15H,(H,13,16)(H,17,18)/t7-,8+/m1/s1. The van der Waals surface area contributed by atoms with Crippen LogP contribution >= 0.6 is 23.2 Å². The number of aliphatic hydroxyl groups excluding tert-OH is 2. The van der Waals surface area contributed by atoms with Crippen LogP contribution in [0.4, 0.5) is 5.69 Å². The Hall–Kier alpha value is -1.34. The predicted octanol–water partition coefficient (Wildman–Crippen LogP) is 0.738. The molecule has 1 aromatic carbocycles. The molecule has 0 aliphatic heterocycles. The summed E-state index contributed by atoms with van der Waals surface area (Å²) in [5.74, 6) is -2.80. The zero-order chi connectivity index (χ0) is 13.9. The molecule has 4 N–H and O–H groups in total. The van der Waals surface area contributed by atoms with E-state index in [1.54, 1.807) is 0 Å². The van der Waals surface area contributed by atoms with Gasteiger partial charge in [-0.2, -0.15) is 0 Å². The smallest absolute Gasteiger partial charge is 0.335 e. The summed E-state index contributed by atoms with van der Waals surface area (Å²) in [5, 5.41) is 29.3. The largest absolute Gasteiger partial charge is 0.479 e. The molecule has 0 radical (unpaired) electrons. The van der Waals surface area contributed by atoms with E-state index in [4.69, 9.17) is 33.4 Å². The van der Waals surface area contributed by atoms with Gasteiger partial charge in [0.1, 0.15) is 0 Å². The Morgan fingerprint density at radius 2 is 1.78 bits per heavy atom. The summed E-state index contributed by atoms with van der Waals surface area (Å²) in [6, 6.07) is 4.18. The number of benzene rings is 1. The highest BCUT2D eigenvalue weighted by atomic mass is 35.5. The van der Waals surface area contributed by atoms with E-state index in [9.17, 15) is 14.7 Å². The molecular formula is C10H9Cl2NO5. The van der Waals surface area contributed by atoms with Gasteiger partial charge in [0.2, 0.25) is 0 Å². The quantitative estimate of drug-likeness (QED) is 0.655. The van der Waals surface area contributed by atoms with Gasteiger partial charge in [0.05, 0.1) is 10.7 Å². The Morgan fingerprint density at radius 3 is 2.28 bits per heavy atom. The average molecular weight is 294 g/mol. The molecule has 0 spiro atoms. The average Bonchev–Trinajstić information content (AvgIpc) is 2.30. The Morgan fingerprint density at radius 1 is 1.17 bits per heavy atom. The molecular weight excluding hydrogens is 285 g/mol. The zero-order valence-electron chi connectivity index (χ0n) is 8.80. The van der Waals surface area contributed by atoms with E-state index in [0.29, 0.717) is 5.02 Å². The van der Waals surface area contributed by atoms with Crippen molar-refractivity contribution in [2.24, 2.45) is 0 Å². The summed E-state index contributed by atoms with van der Waals surface area (Å²) in [7, 11) is 0. The van der Waals surface area contributed by atoms with Crippen molar-refractivity contribution < 1.29 is 24.9 Å². The van der Waals surface area contributed by atoms with Crippen molar-refractivity contribution in [3.05, 3.63) is 28.2 Å². The van der Waals surface area contributed by atoms with Crippen LogP contribution in [0, 0.1) is 0 Å². The van der Waals surface area contributed by atoms with Crippen molar-refractivity contribution in [3.63, 3.8) is 0 Å². The fourth-order valence-electron chi connectivity index (χ4n) is 1.08. The van der Waals surface area contributed by atoms with Gasteiger partial charge < -0.3 is 20.6 Å². The van der Waals surface area contributed by atoms with Gasteiger partial charge in [0.15, 0.2) is 12.2 Å². The summed E-state index contributed by atoms with van der Waals surface area (Å²) in [6.45, 7) is 0. The molecule has 0 saturated carbocycles. The van der Waals surface area contributed by atoms with Crippen LogP contribution in [0.5, 0.6) is 0 Å². The number of carbonyl (C=O) groups is 2. The summed E-state index contributed by atoms with van der Waals surface area (Å²) in [4.78, 5) is 21.8. The molecule has 18 heavy (non-hydrogen) atoms. The lowest BCUT2D eigenvalue weighted by Gasteiger charge is -2.14. The number of nitrogens with one attached hydrogen (secondary N) is 1. The second kappa shape index (κ2) is 6.01. The monoisotopic (exact) mass is 293 g/mol. The molecule has 0 saturated heterocycles. The van der Waals surface area contributed by atoms with Crippen molar-refractivity contribution in [2.75, 3.05) is 5.32 Å². The summed E-state index contributed by atoms with van der Waals surface area (Å²) >= 11 is 11.4. The molecule has 1 rings (SSSR count). The molecule has 8 heteroatoms. The summed E-state index contributed by atoms with van der Waals surface area (Å²) < 4.78 is 0. The van der Waals surface area contributed by atoms with E-state index >= 15 is 0 Å². The van der Waals surface area contributed by atoms with Crippen molar-refractivity contribution in [1.29, 1.82) is 0 Å². The number of aliphatic hydroxyl groups is 2. The fourth-order valence-corrected chi connectivity index (χ4v) is 1.53. The Kier molecular flexibility index (Phi) is 4.92. The van der Waals surface area contributed by atoms with Crippen molar-refractivity contribution in [2.45, 2.75) is 12.2 Å². The minimum Gasteiger partial charge on any atom is -0.479 e. The van der Waals surface area contributed by atoms with E-state index in [1.165, 1.54) is 18.2 Å². The molecule has 1 aromatic rings. The van der Waals surface area contributed by atoms with Crippen LogP contribution in [0.15, 0.2) is 18.2 Å². The van der Waals surface area contributed by atoms with Gasteiger partial charge in [-0.15, -0.1) is 0 Å². The Balaban J connectivity index is 2.78. The Bertz CT molecular complexity index is 479. The van der Waals surface area contributed by atoms with Crippen molar-refractivity contribution in [1.82, 2.24) is 0 Å². The molecule has 0 unspecified atom stereocenters. The predicted molar refractivity (Wildman–Crippen MR) is 64.7 cm³/mol. The third-order valence-electron chi connectivity index (χ3n) is 2.01. The van der Waals surface area contributed by atoms with E-state index in [-0.39, 0.29) is 10.7 Å². The maximum Gasteiger partial charge on any atom is 0.335 e. The molecule has 0 heterocycles. The highest BCUT2D eigenvalue weighted by molar-refractivity contribution is 6.36. The SMILES string of the molecule is O=C(O)[C@@H](O)[C@@H](O)C(=O)Nc1ccc(Cl)cc1Cl. The lowest BCUT2D eigenvalue weighted by Crippen LogP contribution is -2.42. The van der Waals surface area contributed by atoms with Crippen LogP contribution in [0.1, 0.15) is 0 Å². The molecule has 2 atom stereocenters. The van der Waals surface area contributed by atoms with Crippen molar-refractivity contribution in [3.8, 4) is 0 Å². The minimum atomic E-state index is -2.21. The third-order valence-corrected chi connectivity index (χ3v) is 2.56. The van der Waals surface area contributed by atoms with Crippen LogP contribution in [0.3, 0.4) is 0 Å². The first-order valence-corrected chi connectivity index (χ1v) is 5.43. The van der Waals surface area contributed by atoms with E-state index in [0.717, 1.165) is 0 Å². The molecule has 0 aliphatic carbocycles. The number of hydrogen-bond acceptors (Lipinski definition) is 4. The normalized spacial score (nSPS) is 13.8. The zero-order valence-corrected chi connectivity index (χ0v) is 10.3. The van der Waals surface area contributed by atoms with Gasteiger partial charge in [0.25, 0.3) is 5.91 Å². The lowest BCUT2D eigenvalue weighted by molar-refractivity contribution is -0.156. The number of aliphatic carboxylic acids is 1. The molecule has 6 nitrogen and oxygen atoms in total. The number of halogens is 2. The molecule has 0 aliphatic rings. The van der Waals surface area contributed by atoms with E-state index in [2.05, 4.69) is 5.32 Å². The number of hydrogen-bond donors (Lipinski definition) is 4. The van der Waals surface area contributed by atoms with Gasteiger partial charge in [-0.05, 0) is 18.2 Å². The molecule has 0 aromatic heterocycles. The van der Waals surface area contributed by atoms with Gasteiger partial charge in [-0.3, -0.25) is 4.79 Å². The number of rotatable bonds is 4. The lowest BCUT2D eigenvalue weighted by atomic mass is 10.2. The fraction of sp³-hybridized carbons (Fsp3) is 0.200. The van der Waals surface area contributed by atoms with Crippen LogP contribution in [0.25, 0.3) is 0 Å². The first-order chi connectivity index (χ1) is 8.32. The van der Waals surface area contributed by atoms with Crippen molar-refractivity contribution >= 4 is 40.8 Å². The van der Waals surface area contributed by atoms with Crippen LogP contribution in [-0.2, 0) is 9.59 Å². The highest BCUT2D eigenvalue weighted by Crippen LogP contribution is 2.25. The summed E-state index contributed by atoms with van der Waals surface area (Å²) in [6.07, 6.45) is -4.31. The topological polar surface area (TPSA) is 107 Å². The minimum absolute atomic E-state index is 0.118. The van der Waals surface area contributed by atoms with Gasteiger partial charge in [-0.1, -0.05) is 23.2 Å². The van der Waals surface area contributed by atoms with Gasteiger partial charge >= 0.3 is 5.97 Å². The number of carboxylic acids is 1. The van der Waals surface area contributed by atoms with Crippen LogP contribution in [-0.4, -0.2) is 39.4 Å². The third kappa shape index (κ3) is 3.58. The van der Waals surface area contributed by atoms with Gasteiger partial charge in [-0.25, -0.2) is 4.79 Å². The maximum absolute atomic E-state index is 11.4. The van der Waals surface area contributed by atoms with Crippen LogP contribution < -0.4 is 5.32 Å². The van der Waals surface area contributed by atoms with E-state index < -0.39 is 24.1 Å². The number of carboxylic acid groups (broad SMARTS) is 1. The highest BCUT2D eigenvalue weighted by Gasteiger charge is 2.30. The number of anilines is 1. The molecule has 0 fully saturated rings. The second-order valence-electron chi connectivity index (χ2n) is 3.34. The first-order valence-electron chi connectivity index (χ1n) is 4.67. The Labute approximate surface area is 112 Å². The van der Waals surface area contributed by atoms with E-state index in [1.807, 2.05) is 0 Å². The van der Waals surface area contributed by atoms with Crippen LogP contribution in [0.2, 0.25) is 10.0 Å². The number of carbonyl (C=O) groups excluding carboxylic acids is 1. The molecule has 0 bridgehead atoms.